The van der Waals surface area contributed by atoms with Crippen molar-refractivity contribution in [3.05, 3.63) is 28.8 Å². The molecule has 0 radical (unpaired) electrons. The van der Waals surface area contributed by atoms with Gasteiger partial charge in [-0.25, -0.2) is 0 Å². The third-order valence-corrected chi connectivity index (χ3v) is 1.85. The van der Waals surface area contributed by atoms with E-state index in [0.29, 0.717) is 11.1 Å². The number of aliphatic hydroxyl groups is 2. The first-order valence-electron chi connectivity index (χ1n) is 3.72. The molecule has 0 amide bonds. The van der Waals surface area contributed by atoms with Crippen LogP contribution in [-0.4, -0.2) is 15.3 Å². The van der Waals surface area contributed by atoms with Crippen molar-refractivity contribution in [1.82, 2.24) is 0 Å². The third kappa shape index (κ3) is 1.57. The van der Waals surface area contributed by atoms with Crippen molar-refractivity contribution in [3.63, 3.8) is 0 Å². The number of hydrogen-bond acceptors (Lipinski definition) is 3. The van der Waals surface area contributed by atoms with E-state index >= 15 is 0 Å². The zero-order valence-electron chi connectivity index (χ0n) is 6.91. The van der Waals surface area contributed by atoms with Crippen molar-refractivity contribution in [1.29, 1.82) is 0 Å². The van der Waals surface area contributed by atoms with E-state index in [4.69, 9.17) is 10.2 Å². The largest absolute Gasteiger partial charge is 0.508 e. The van der Waals surface area contributed by atoms with Gasteiger partial charge in [-0.05, 0) is 24.1 Å². The Kier molecular flexibility index (Phi) is 2.68. The molecule has 3 N–H and O–H groups in total. The van der Waals surface area contributed by atoms with Crippen LogP contribution in [0.25, 0.3) is 0 Å². The van der Waals surface area contributed by atoms with E-state index < -0.39 is 0 Å². The van der Waals surface area contributed by atoms with E-state index in [0.717, 1.165) is 5.56 Å². The van der Waals surface area contributed by atoms with Gasteiger partial charge in [-0.15, -0.1) is 0 Å². The predicted octanol–water partition coefficient (Wildman–Crippen LogP) is 0.685. The van der Waals surface area contributed by atoms with Crippen LogP contribution in [-0.2, 0) is 13.2 Å². The molecule has 0 bridgehead atoms. The molecule has 0 aromatic heterocycles. The van der Waals surface area contributed by atoms with Crippen molar-refractivity contribution in [2.45, 2.75) is 20.1 Å². The van der Waals surface area contributed by atoms with Crippen LogP contribution in [0.2, 0.25) is 0 Å². The molecule has 0 fully saturated rings. The second-order valence-electron chi connectivity index (χ2n) is 2.73. The molecule has 0 saturated heterocycles. The molecule has 3 nitrogen and oxygen atoms in total. The Balaban J connectivity index is 3.18. The average Bonchev–Trinajstić information content (AvgIpc) is 2.03. The fourth-order valence-corrected chi connectivity index (χ4v) is 1.17. The van der Waals surface area contributed by atoms with E-state index in [9.17, 15) is 5.11 Å². The second kappa shape index (κ2) is 3.56. The number of aliphatic hydroxyl groups excluding tert-OH is 2. The lowest BCUT2D eigenvalue weighted by Gasteiger charge is -2.07. The molecule has 0 spiro atoms. The van der Waals surface area contributed by atoms with Crippen molar-refractivity contribution in [2.24, 2.45) is 0 Å². The molecule has 0 aliphatic heterocycles. The topological polar surface area (TPSA) is 60.7 Å². The molecule has 0 heterocycles. The van der Waals surface area contributed by atoms with Crippen LogP contribution in [0.1, 0.15) is 16.7 Å². The monoisotopic (exact) mass is 168 g/mol. The number of phenols is 1. The van der Waals surface area contributed by atoms with E-state index in [1.165, 1.54) is 6.07 Å². The SMILES string of the molecule is Cc1cc(CO)cc(O)c1CO. The van der Waals surface area contributed by atoms with Crippen molar-refractivity contribution in [2.75, 3.05) is 0 Å². The molecule has 1 aromatic carbocycles. The fourth-order valence-electron chi connectivity index (χ4n) is 1.17. The van der Waals surface area contributed by atoms with Gasteiger partial charge in [-0.3, -0.25) is 0 Å². The van der Waals surface area contributed by atoms with Crippen LogP contribution in [0, 0.1) is 6.92 Å². The van der Waals surface area contributed by atoms with E-state index in [1.54, 1.807) is 13.0 Å². The maximum atomic E-state index is 9.33. The summed E-state index contributed by atoms with van der Waals surface area (Å²) in [6, 6.07) is 3.20. The van der Waals surface area contributed by atoms with Gasteiger partial charge in [0, 0.05) is 5.56 Å². The van der Waals surface area contributed by atoms with E-state index in [-0.39, 0.29) is 19.0 Å². The summed E-state index contributed by atoms with van der Waals surface area (Å²) in [6.45, 7) is 1.51. The lowest BCUT2D eigenvalue weighted by molar-refractivity contribution is 0.271. The Morgan fingerprint density at radius 2 is 1.83 bits per heavy atom. The summed E-state index contributed by atoms with van der Waals surface area (Å²) in [4.78, 5) is 0. The number of benzene rings is 1. The van der Waals surface area contributed by atoms with Gasteiger partial charge >= 0.3 is 0 Å². The number of aromatic hydroxyl groups is 1. The Morgan fingerprint density at radius 1 is 1.17 bits per heavy atom. The fraction of sp³-hybridized carbons (Fsp3) is 0.333. The maximum absolute atomic E-state index is 9.33. The maximum Gasteiger partial charge on any atom is 0.121 e. The van der Waals surface area contributed by atoms with Gasteiger partial charge in [0.25, 0.3) is 0 Å². The first kappa shape index (κ1) is 9.03. The van der Waals surface area contributed by atoms with Gasteiger partial charge in [-0.1, -0.05) is 6.07 Å². The van der Waals surface area contributed by atoms with Gasteiger partial charge < -0.3 is 15.3 Å². The highest BCUT2D eigenvalue weighted by Crippen LogP contribution is 2.22. The molecular weight excluding hydrogens is 156 g/mol. The van der Waals surface area contributed by atoms with Crippen LogP contribution in [0.15, 0.2) is 12.1 Å². The van der Waals surface area contributed by atoms with Crippen molar-refractivity contribution >= 4 is 0 Å². The van der Waals surface area contributed by atoms with Gasteiger partial charge in [0.05, 0.1) is 13.2 Å². The normalized spacial score (nSPS) is 10.2. The Labute approximate surface area is 70.9 Å². The molecule has 0 unspecified atom stereocenters. The molecular formula is C9H12O3. The molecule has 0 aliphatic rings. The van der Waals surface area contributed by atoms with Crippen molar-refractivity contribution < 1.29 is 15.3 Å². The highest BCUT2D eigenvalue weighted by atomic mass is 16.3. The molecule has 0 atom stereocenters. The summed E-state index contributed by atoms with van der Waals surface area (Å²) in [7, 11) is 0. The Bertz CT molecular complexity index is 258. The lowest BCUT2D eigenvalue weighted by Crippen LogP contribution is -1.92. The summed E-state index contributed by atoms with van der Waals surface area (Å²) < 4.78 is 0. The molecule has 12 heavy (non-hydrogen) atoms. The predicted molar refractivity (Wildman–Crippen MR) is 44.7 cm³/mol. The van der Waals surface area contributed by atoms with Crippen LogP contribution in [0.4, 0.5) is 0 Å². The summed E-state index contributed by atoms with van der Waals surface area (Å²) in [5, 5.41) is 26.9. The second-order valence-corrected chi connectivity index (χ2v) is 2.73. The number of rotatable bonds is 2. The first-order valence-corrected chi connectivity index (χ1v) is 3.72. The zero-order chi connectivity index (χ0) is 9.14. The number of aryl methyl sites for hydroxylation is 1. The average molecular weight is 168 g/mol. The zero-order valence-corrected chi connectivity index (χ0v) is 6.91. The van der Waals surface area contributed by atoms with Crippen LogP contribution < -0.4 is 0 Å². The molecule has 1 rings (SSSR count). The number of hydrogen-bond donors (Lipinski definition) is 3. The first-order chi connectivity index (χ1) is 5.69. The van der Waals surface area contributed by atoms with Gasteiger partial charge in [-0.2, -0.15) is 0 Å². The lowest BCUT2D eigenvalue weighted by atomic mass is 10.0. The highest BCUT2D eigenvalue weighted by Gasteiger charge is 2.05. The Morgan fingerprint density at radius 3 is 2.25 bits per heavy atom. The van der Waals surface area contributed by atoms with Crippen molar-refractivity contribution in [3.8, 4) is 5.75 Å². The van der Waals surface area contributed by atoms with E-state index in [1.807, 2.05) is 0 Å². The van der Waals surface area contributed by atoms with Gasteiger partial charge in [0.1, 0.15) is 5.75 Å². The minimum absolute atomic E-state index is 0.0431. The standard InChI is InChI=1S/C9H12O3/c1-6-2-7(4-10)3-9(12)8(6)5-11/h2-3,10-12H,4-5H2,1H3. The Hall–Kier alpha value is -1.06. The van der Waals surface area contributed by atoms with Crippen LogP contribution in [0.3, 0.4) is 0 Å². The molecule has 66 valence electrons. The quantitative estimate of drug-likeness (QED) is 0.608. The molecule has 1 aromatic rings. The highest BCUT2D eigenvalue weighted by molar-refractivity contribution is 5.41. The molecule has 0 aliphatic carbocycles. The summed E-state index contributed by atoms with van der Waals surface area (Å²) in [6.07, 6.45) is 0. The van der Waals surface area contributed by atoms with Crippen LogP contribution in [0.5, 0.6) is 5.75 Å². The van der Waals surface area contributed by atoms with Gasteiger partial charge in [0.2, 0.25) is 0 Å². The summed E-state index contributed by atoms with van der Waals surface area (Å²) >= 11 is 0. The minimum Gasteiger partial charge on any atom is -0.508 e. The van der Waals surface area contributed by atoms with Crippen LogP contribution >= 0.6 is 0 Å². The van der Waals surface area contributed by atoms with Gasteiger partial charge in [0.15, 0.2) is 0 Å². The third-order valence-electron chi connectivity index (χ3n) is 1.85. The smallest absolute Gasteiger partial charge is 0.121 e. The summed E-state index contributed by atoms with van der Waals surface area (Å²) in [5.74, 6) is 0.0431. The molecule has 0 saturated carbocycles. The van der Waals surface area contributed by atoms with E-state index in [2.05, 4.69) is 0 Å². The molecule has 3 heteroatoms. The summed E-state index contributed by atoms with van der Waals surface area (Å²) in [5.41, 5.74) is 1.97. The minimum atomic E-state index is -0.177.